The van der Waals surface area contributed by atoms with Crippen molar-refractivity contribution in [3.63, 3.8) is 0 Å². The Kier molecular flexibility index (Phi) is 7.07. The van der Waals surface area contributed by atoms with E-state index in [-0.39, 0.29) is 12.0 Å². The predicted octanol–water partition coefficient (Wildman–Crippen LogP) is 4.73. The number of ether oxygens (including phenoxy) is 2. The summed E-state index contributed by atoms with van der Waals surface area (Å²) in [5.41, 5.74) is 1.58. The van der Waals surface area contributed by atoms with Gasteiger partial charge in [-0.1, -0.05) is 24.8 Å². The summed E-state index contributed by atoms with van der Waals surface area (Å²) in [6.45, 7) is 8.45. The van der Waals surface area contributed by atoms with Crippen LogP contribution in [0.5, 0.6) is 11.5 Å². The Balaban J connectivity index is 1.93. The zero-order valence-electron chi connectivity index (χ0n) is 14.4. The van der Waals surface area contributed by atoms with Crippen LogP contribution in [0.1, 0.15) is 29.8 Å². The quantitative estimate of drug-likeness (QED) is 0.647. The lowest BCUT2D eigenvalue weighted by Gasteiger charge is -2.11. The number of hydrogen-bond donors (Lipinski definition) is 1. The standard InChI is InChI=1S/C20H22BrNO3/c1-4-11-24-19-10-7-16(12-18(19)21)20(23)22-13-15-5-8-17(9-6-15)25-14(2)3/h4-10,12,14H,1,11,13H2,2-3H3,(H,22,23). The SMILES string of the molecule is C=CCOc1ccc(C(=O)NCc2ccc(OC(C)C)cc2)cc1Br. The number of halogens is 1. The van der Waals surface area contributed by atoms with E-state index >= 15 is 0 Å². The Morgan fingerprint density at radius 1 is 1.24 bits per heavy atom. The Labute approximate surface area is 157 Å². The van der Waals surface area contributed by atoms with Gasteiger partial charge in [0.1, 0.15) is 18.1 Å². The predicted molar refractivity (Wildman–Crippen MR) is 103 cm³/mol. The van der Waals surface area contributed by atoms with Crippen molar-refractivity contribution in [1.82, 2.24) is 5.32 Å². The maximum atomic E-state index is 12.3. The maximum absolute atomic E-state index is 12.3. The van der Waals surface area contributed by atoms with E-state index in [1.807, 2.05) is 38.1 Å². The number of nitrogens with one attached hydrogen (secondary N) is 1. The van der Waals surface area contributed by atoms with E-state index in [2.05, 4.69) is 27.8 Å². The van der Waals surface area contributed by atoms with E-state index in [9.17, 15) is 4.79 Å². The Hall–Kier alpha value is -2.27. The van der Waals surface area contributed by atoms with Gasteiger partial charge in [0.2, 0.25) is 0 Å². The third kappa shape index (κ3) is 5.94. The normalized spacial score (nSPS) is 10.4. The van der Waals surface area contributed by atoms with Crippen LogP contribution in [0.15, 0.2) is 59.6 Å². The maximum Gasteiger partial charge on any atom is 0.251 e. The molecule has 0 heterocycles. The molecule has 2 aromatic carbocycles. The number of carbonyl (C=O) groups excluding carboxylic acids is 1. The minimum atomic E-state index is -0.140. The molecular weight excluding hydrogens is 382 g/mol. The summed E-state index contributed by atoms with van der Waals surface area (Å²) in [7, 11) is 0. The molecule has 0 radical (unpaired) electrons. The lowest BCUT2D eigenvalue weighted by molar-refractivity contribution is 0.0951. The van der Waals surface area contributed by atoms with Gasteiger partial charge in [-0.05, 0) is 65.7 Å². The molecule has 0 spiro atoms. The molecule has 0 aliphatic rings. The first-order valence-corrected chi connectivity index (χ1v) is 8.86. The second-order valence-corrected chi connectivity index (χ2v) is 6.59. The van der Waals surface area contributed by atoms with Gasteiger partial charge in [0.05, 0.1) is 10.6 Å². The molecule has 2 aromatic rings. The molecule has 25 heavy (non-hydrogen) atoms. The van der Waals surface area contributed by atoms with Crippen molar-refractivity contribution in [3.8, 4) is 11.5 Å². The van der Waals surface area contributed by atoms with Crippen molar-refractivity contribution >= 4 is 21.8 Å². The van der Waals surface area contributed by atoms with Gasteiger partial charge in [0, 0.05) is 12.1 Å². The number of rotatable bonds is 8. The summed E-state index contributed by atoms with van der Waals surface area (Å²) >= 11 is 3.42. The van der Waals surface area contributed by atoms with Crippen LogP contribution in [-0.4, -0.2) is 18.6 Å². The van der Waals surface area contributed by atoms with Gasteiger partial charge in [0.15, 0.2) is 0 Å². The number of carbonyl (C=O) groups is 1. The molecule has 0 unspecified atom stereocenters. The first-order chi connectivity index (χ1) is 12.0. The minimum absolute atomic E-state index is 0.140. The van der Waals surface area contributed by atoms with Crippen LogP contribution in [0.25, 0.3) is 0 Å². The lowest BCUT2D eigenvalue weighted by atomic mass is 10.2. The topological polar surface area (TPSA) is 47.6 Å². The van der Waals surface area contributed by atoms with E-state index in [1.165, 1.54) is 0 Å². The third-order valence-corrected chi connectivity index (χ3v) is 3.92. The molecule has 4 nitrogen and oxygen atoms in total. The second kappa shape index (κ2) is 9.28. The van der Waals surface area contributed by atoms with Crippen molar-refractivity contribution < 1.29 is 14.3 Å². The first kappa shape index (κ1) is 19.1. The molecule has 1 N–H and O–H groups in total. The zero-order valence-corrected chi connectivity index (χ0v) is 16.0. The van der Waals surface area contributed by atoms with Crippen LogP contribution in [0.2, 0.25) is 0 Å². The summed E-state index contributed by atoms with van der Waals surface area (Å²) < 4.78 is 11.8. The van der Waals surface area contributed by atoms with Crippen LogP contribution < -0.4 is 14.8 Å². The Morgan fingerprint density at radius 2 is 1.96 bits per heavy atom. The highest BCUT2D eigenvalue weighted by atomic mass is 79.9. The highest BCUT2D eigenvalue weighted by molar-refractivity contribution is 9.10. The van der Waals surface area contributed by atoms with Gasteiger partial charge in [0.25, 0.3) is 5.91 Å². The fourth-order valence-corrected chi connectivity index (χ4v) is 2.64. The number of amides is 1. The molecule has 0 saturated heterocycles. The summed E-state index contributed by atoms with van der Waals surface area (Å²) in [6, 6.07) is 12.9. The highest BCUT2D eigenvalue weighted by Crippen LogP contribution is 2.26. The largest absolute Gasteiger partial charge is 0.491 e. The molecule has 0 atom stereocenters. The second-order valence-electron chi connectivity index (χ2n) is 5.74. The molecule has 0 fully saturated rings. The van der Waals surface area contributed by atoms with E-state index in [1.54, 1.807) is 24.3 Å². The van der Waals surface area contributed by atoms with Crippen molar-refractivity contribution in [2.75, 3.05) is 6.61 Å². The monoisotopic (exact) mass is 403 g/mol. The summed E-state index contributed by atoms with van der Waals surface area (Å²) in [5.74, 6) is 1.36. The first-order valence-electron chi connectivity index (χ1n) is 8.06. The van der Waals surface area contributed by atoms with Crippen LogP contribution in [0, 0.1) is 0 Å². The molecule has 1 amide bonds. The van der Waals surface area contributed by atoms with Gasteiger partial charge >= 0.3 is 0 Å². The van der Waals surface area contributed by atoms with Crippen molar-refractivity contribution in [2.45, 2.75) is 26.5 Å². The molecule has 5 heteroatoms. The van der Waals surface area contributed by atoms with E-state index < -0.39 is 0 Å². The lowest BCUT2D eigenvalue weighted by Crippen LogP contribution is -2.22. The van der Waals surface area contributed by atoms with Crippen molar-refractivity contribution in [2.24, 2.45) is 0 Å². The number of hydrogen-bond acceptors (Lipinski definition) is 3. The Morgan fingerprint density at radius 3 is 2.56 bits per heavy atom. The average molecular weight is 404 g/mol. The van der Waals surface area contributed by atoms with E-state index in [0.29, 0.717) is 24.5 Å². The summed E-state index contributed by atoms with van der Waals surface area (Å²) in [4.78, 5) is 12.3. The smallest absolute Gasteiger partial charge is 0.251 e. The fourth-order valence-electron chi connectivity index (χ4n) is 2.15. The van der Waals surface area contributed by atoms with Crippen LogP contribution in [0.3, 0.4) is 0 Å². The summed E-state index contributed by atoms with van der Waals surface area (Å²) in [5, 5.41) is 2.91. The van der Waals surface area contributed by atoms with Gasteiger partial charge in [-0.15, -0.1) is 0 Å². The van der Waals surface area contributed by atoms with Gasteiger partial charge < -0.3 is 14.8 Å². The molecule has 132 valence electrons. The fraction of sp³-hybridized carbons (Fsp3) is 0.250. The van der Waals surface area contributed by atoms with Gasteiger partial charge in [-0.2, -0.15) is 0 Å². The third-order valence-electron chi connectivity index (χ3n) is 3.30. The molecule has 0 aliphatic heterocycles. The van der Waals surface area contributed by atoms with Crippen molar-refractivity contribution in [1.29, 1.82) is 0 Å². The molecular formula is C20H22BrNO3. The average Bonchev–Trinajstić information content (AvgIpc) is 2.59. The number of benzene rings is 2. The van der Waals surface area contributed by atoms with Gasteiger partial charge in [-0.25, -0.2) is 0 Å². The molecule has 0 aliphatic carbocycles. The molecule has 0 aromatic heterocycles. The highest BCUT2D eigenvalue weighted by Gasteiger charge is 2.09. The van der Waals surface area contributed by atoms with Gasteiger partial charge in [-0.3, -0.25) is 4.79 Å². The van der Waals surface area contributed by atoms with Crippen LogP contribution in [0.4, 0.5) is 0 Å². The zero-order chi connectivity index (χ0) is 18.2. The summed E-state index contributed by atoms with van der Waals surface area (Å²) in [6.07, 6.45) is 1.81. The van der Waals surface area contributed by atoms with Crippen LogP contribution >= 0.6 is 15.9 Å². The van der Waals surface area contributed by atoms with E-state index in [0.717, 1.165) is 15.8 Å². The molecule has 0 saturated carbocycles. The van der Waals surface area contributed by atoms with Crippen molar-refractivity contribution in [3.05, 3.63) is 70.7 Å². The molecule has 0 bridgehead atoms. The molecule has 2 rings (SSSR count). The minimum Gasteiger partial charge on any atom is -0.491 e. The Bertz CT molecular complexity index is 726. The van der Waals surface area contributed by atoms with E-state index in [4.69, 9.17) is 9.47 Å². The van der Waals surface area contributed by atoms with Crippen LogP contribution in [-0.2, 0) is 6.54 Å².